The minimum Gasteiger partial charge on any atom is -0.301 e. The minimum atomic E-state index is -0.0934. The van der Waals surface area contributed by atoms with Gasteiger partial charge >= 0.3 is 0 Å². The Labute approximate surface area is 98.3 Å². The number of rotatable bonds is 4. The highest BCUT2D eigenvalue weighted by Gasteiger charge is 2.20. The van der Waals surface area contributed by atoms with Crippen molar-refractivity contribution in [1.82, 2.24) is 5.32 Å². The van der Waals surface area contributed by atoms with Gasteiger partial charge in [-0.3, -0.25) is 0 Å². The molecule has 1 rings (SSSR count). The molecule has 0 spiro atoms. The quantitative estimate of drug-likeness (QED) is 0.840. The first-order valence-corrected chi connectivity index (χ1v) is 5.66. The second-order valence-corrected chi connectivity index (χ2v) is 4.99. The van der Waals surface area contributed by atoms with Gasteiger partial charge in [0.15, 0.2) is 0 Å². The summed E-state index contributed by atoms with van der Waals surface area (Å²) in [5.41, 5.74) is 2.64. The van der Waals surface area contributed by atoms with Gasteiger partial charge in [-0.2, -0.15) is 5.26 Å². The van der Waals surface area contributed by atoms with Gasteiger partial charge in [0.25, 0.3) is 0 Å². The van der Waals surface area contributed by atoms with E-state index in [0.29, 0.717) is 0 Å². The maximum absolute atomic E-state index is 8.73. The van der Waals surface area contributed by atoms with Crippen molar-refractivity contribution in [1.29, 1.82) is 5.26 Å². The maximum atomic E-state index is 8.73. The van der Waals surface area contributed by atoms with Crippen LogP contribution >= 0.6 is 0 Å². The van der Waals surface area contributed by atoms with Crippen LogP contribution in [-0.4, -0.2) is 12.6 Å². The molecule has 1 atom stereocenters. The van der Waals surface area contributed by atoms with Gasteiger partial charge in [-0.1, -0.05) is 43.7 Å². The SMILES string of the molecule is Cc1cccc(C(C)(C)CNC(C)C#N)c1. The molecule has 2 heteroatoms. The van der Waals surface area contributed by atoms with Crippen molar-refractivity contribution in [2.45, 2.75) is 39.2 Å². The van der Waals surface area contributed by atoms with E-state index in [1.165, 1.54) is 11.1 Å². The molecule has 0 amide bonds. The number of hydrogen-bond acceptors (Lipinski definition) is 2. The number of nitriles is 1. The van der Waals surface area contributed by atoms with Crippen LogP contribution in [0.25, 0.3) is 0 Å². The molecular weight excluding hydrogens is 196 g/mol. The summed E-state index contributed by atoms with van der Waals surface area (Å²) in [6.07, 6.45) is 0. The summed E-state index contributed by atoms with van der Waals surface area (Å²) in [5.74, 6) is 0. The average Bonchev–Trinajstić information content (AvgIpc) is 2.26. The second kappa shape index (κ2) is 5.14. The van der Waals surface area contributed by atoms with Crippen molar-refractivity contribution in [2.75, 3.05) is 6.54 Å². The molecule has 0 bridgehead atoms. The molecule has 1 N–H and O–H groups in total. The van der Waals surface area contributed by atoms with Gasteiger partial charge in [-0.15, -0.1) is 0 Å². The van der Waals surface area contributed by atoms with E-state index in [1.54, 1.807) is 0 Å². The fourth-order valence-electron chi connectivity index (χ4n) is 1.62. The third-order valence-electron chi connectivity index (χ3n) is 2.84. The number of hydrogen-bond donors (Lipinski definition) is 1. The van der Waals surface area contributed by atoms with Gasteiger partial charge in [0.2, 0.25) is 0 Å². The first kappa shape index (κ1) is 12.7. The van der Waals surface area contributed by atoms with Crippen molar-refractivity contribution in [2.24, 2.45) is 0 Å². The molecule has 0 fully saturated rings. The van der Waals surface area contributed by atoms with Crippen LogP contribution in [0, 0.1) is 18.3 Å². The average molecular weight is 216 g/mol. The van der Waals surface area contributed by atoms with E-state index >= 15 is 0 Å². The molecule has 0 saturated carbocycles. The Bertz CT molecular complexity index is 388. The smallest absolute Gasteiger partial charge is 0.0924 e. The molecule has 0 aliphatic carbocycles. The highest BCUT2D eigenvalue weighted by Crippen LogP contribution is 2.23. The number of nitrogens with zero attached hydrogens (tertiary/aromatic N) is 1. The van der Waals surface area contributed by atoms with Gasteiger partial charge in [-0.05, 0) is 19.4 Å². The van der Waals surface area contributed by atoms with Crippen molar-refractivity contribution >= 4 is 0 Å². The van der Waals surface area contributed by atoms with Crippen LogP contribution in [0.2, 0.25) is 0 Å². The van der Waals surface area contributed by atoms with Crippen LogP contribution < -0.4 is 5.32 Å². The summed E-state index contributed by atoms with van der Waals surface area (Å²) in [4.78, 5) is 0. The molecule has 2 nitrogen and oxygen atoms in total. The number of nitrogens with one attached hydrogen (secondary N) is 1. The lowest BCUT2D eigenvalue weighted by Crippen LogP contribution is -2.37. The van der Waals surface area contributed by atoms with Crippen molar-refractivity contribution in [3.8, 4) is 6.07 Å². The van der Waals surface area contributed by atoms with E-state index in [-0.39, 0.29) is 11.5 Å². The van der Waals surface area contributed by atoms with E-state index < -0.39 is 0 Å². The van der Waals surface area contributed by atoms with Gasteiger partial charge in [-0.25, -0.2) is 0 Å². The predicted octanol–water partition coefficient (Wildman–Crippen LogP) is 2.77. The topological polar surface area (TPSA) is 35.8 Å². The fourth-order valence-corrected chi connectivity index (χ4v) is 1.62. The number of benzene rings is 1. The van der Waals surface area contributed by atoms with E-state index in [1.807, 2.05) is 6.92 Å². The van der Waals surface area contributed by atoms with E-state index in [4.69, 9.17) is 5.26 Å². The van der Waals surface area contributed by atoms with E-state index in [2.05, 4.69) is 56.4 Å². The largest absolute Gasteiger partial charge is 0.301 e. The Morgan fingerprint density at radius 2 is 2.12 bits per heavy atom. The summed E-state index contributed by atoms with van der Waals surface area (Å²) < 4.78 is 0. The molecule has 0 aliphatic heterocycles. The van der Waals surface area contributed by atoms with Gasteiger partial charge in [0.05, 0.1) is 12.1 Å². The molecule has 1 aromatic carbocycles. The summed E-state index contributed by atoms with van der Waals surface area (Å²) in [7, 11) is 0. The Kier molecular flexibility index (Phi) is 4.09. The molecular formula is C14H20N2. The molecule has 0 aromatic heterocycles. The van der Waals surface area contributed by atoms with Crippen LogP contribution in [0.3, 0.4) is 0 Å². The highest BCUT2D eigenvalue weighted by molar-refractivity contribution is 5.28. The van der Waals surface area contributed by atoms with Gasteiger partial charge < -0.3 is 5.32 Å². The highest BCUT2D eigenvalue weighted by atomic mass is 14.9. The lowest BCUT2D eigenvalue weighted by Gasteiger charge is -2.26. The molecule has 0 aliphatic rings. The van der Waals surface area contributed by atoms with E-state index in [9.17, 15) is 0 Å². The third-order valence-corrected chi connectivity index (χ3v) is 2.84. The molecule has 16 heavy (non-hydrogen) atoms. The zero-order valence-electron chi connectivity index (χ0n) is 10.5. The maximum Gasteiger partial charge on any atom is 0.0924 e. The summed E-state index contributed by atoms with van der Waals surface area (Å²) in [5, 5.41) is 12.0. The minimum absolute atomic E-state index is 0.0527. The lowest BCUT2D eigenvalue weighted by atomic mass is 9.84. The Balaban J connectivity index is 2.74. The molecule has 0 radical (unpaired) electrons. The monoisotopic (exact) mass is 216 g/mol. The Morgan fingerprint density at radius 3 is 2.69 bits per heavy atom. The predicted molar refractivity (Wildman–Crippen MR) is 67.3 cm³/mol. The molecule has 0 saturated heterocycles. The van der Waals surface area contributed by atoms with Crippen molar-refractivity contribution < 1.29 is 0 Å². The Morgan fingerprint density at radius 1 is 1.44 bits per heavy atom. The standard InChI is InChI=1S/C14H20N2/c1-11-6-5-7-13(8-11)14(3,4)10-16-12(2)9-15/h5-8,12,16H,10H2,1-4H3. The Hall–Kier alpha value is -1.33. The van der Waals surface area contributed by atoms with Crippen LogP contribution in [0.1, 0.15) is 31.9 Å². The first-order valence-electron chi connectivity index (χ1n) is 5.66. The van der Waals surface area contributed by atoms with E-state index in [0.717, 1.165) is 6.54 Å². The molecule has 1 unspecified atom stereocenters. The number of aryl methyl sites for hydroxylation is 1. The van der Waals surface area contributed by atoms with Gasteiger partial charge in [0.1, 0.15) is 0 Å². The zero-order valence-corrected chi connectivity index (χ0v) is 10.5. The van der Waals surface area contributed by atoms with Crippen LogP contribution in [-0.2, 0) is 5.41 Å². The van der Waals surface area contributed by atoms with Gasteiger partial charge in [0, 0.05) is 12.0 Å². The normalized spacial score (nSPS) is 13.2. The summed E-state index contributed by atoms with van der Waals surface area (Å²) in [6, 6.07) is 10.6. The van der Waals surface area contributed by atoms with Crippen LogP contribution in [0.5, 0.6) is 0 Å². The van der Waals surface area contributed by atoms with Crippen molar-refractivity contribution in [3.63, 3.8) is 0 Å². The second-order valence-electron chi connectivity index (χ2n) is 4.99. The van der Waals surface area contributed by atoms with Crippen LogP contribution in [0.15, 0.2) is 24.3 Å². The first-order chi connectivity index (χ1) is 7.45. The summed E-state index contributed by atoms with van der Waals surface area (Å²) >= 11 is 0. The van der Waals surface area contributed by atoms with Crippen molar-refractivity contribution in [3.05, 3.63) is 35.4 Å². The zero-order chi connectivity index (χ0) is 12.2. The molecule has 0 heterocycles. The molecule has 86 valence electrons. The summed E-state index contributed by atoms with van der Waals surface area (Å²) in [6.45, 7) is 9.18. The fraction of sp³-hybridized carbons (Fsp3) is 0.500. The lowest BCUT2D eigenvalue weighted by molar-refractivity contribution is 0.457. The molecule has 1 aromatic rings. The van der Waals surface area contributed by atoms with Crippen LogP contribution in [0.4, 0.5) is 0 Å². The third kappa shape index (κ3) is 3.36.